The SMILES string of the molecule is COC(=O)CCC(NC(=O)C[N+](C)(C)C)C(=O)OC. The lowest BCUT2D eigenvalue weighted by atomic mass is 10.1. The fourth-order valence-electron chi connectivity index (χ4n) is 1.43. The normalized spacial score (nSPS) is 12.5. The van der Waals surface area contributed by atoms with Crippen molar-refractivity contribution in [2.75, 3.05) is 41.9 Å². The van der Waals surface area contributed by atoms with E-state index in [0.717, 1.165) is 0 Å². The number of likely N-dealkylation sites (N-methyl/N-ethyl adjacent to an activating group) is 1. The number of nitrogens with one attached hydrogen (secondary N) is 1. The Morgan fingerprint density at radius 3 is 2.11 bits per heavy atom. The number of esters is 2. The number of hydrogen-bond acceptors (Lipinski definition) is 5. The molecule has 0 saturated carbocycles. The molecule has 1 unspecified atom stereocenters. The third-order valence-corrected chi connectivity index (χ3v) is 2.30. The molecule has 0 bridgehead atoms. The van der Waals surface area contributed by atoms with Crippen molar-refractivity contribution in [3.8, 4) is 0 Å². The van der Waals surface area contributed by atoms with Crippen LogP contribution in [0.25, 0.3) is 0 Å². The highest BCUT2D eigenvalue weighted by atomic mass is 16.5. The number of nitrogens with zero attached hydrogens (tertiary/aromatic N) is 1. The molecule has 7 heteroatoms. The zero-order chi connectivity index (χ0) is 15.1. The van der Waals surface area contributed by atoms with Crippen LogP contribution in [0.2, 0.25) is 0 Å². The van der Waals surface area contributed by atoms with Gasteiger partial charge in [0.25, 0.3) is 5.91 Å². The Bertz CT molecular complexity index is 336. The van der Waals surface area contributed by atoms with Crippen LogP contribution in [0.4, 0.5) is 0 Å². The molecule has 1 atom stereocenters. The lowest BCUT2D eigenvalue weighted by Gasteiger charge is -2.24. The molecule has 0 rings (SSSR count). The summed E-state index contributed by atoms with van der Waals surface area (Å²) in [6, 6.07) is -0.830. The minimum atomic E-state index is -0.830. The minimum Gasteiger partial charge on any atom is -0.469 e. The number of quaternary nitrogens is 1. The molecule has 0 aliphatic heterocycles. The second kappa shape index (κ2) is 7.73. The number of carbonyl (C=O) groups excluding carboxylic acids is 3. The molecular formula is C12H23N2O5+. The zero-order valence-corrected chi connectivity index (χ0v) is 12.2. The number of methoxy groups -OCH3 is 2. The number of ether oxygens (including phenoxy) is 2. The molecule has 0 saturated heterocycles. The summed E-state index contributed by atoms with van der Waals surface area (Å²) in [5.74, 6) is -1.28. The van der Waals surface area contributed by atoms with Crippen molar-refractivity contribution < 1.29 is 28.3 Å². The summed E-state index contributed by atoms with van der Waals surface area (Å²) in [4.78, 5) is 34.3. The Morgan fingerprint density at radius 2 is 1.68 bits per heavy atom. The molecule has 0 aliphatic carbocycles. The Hall–Kier alpha value is -1.63. The minimum absolute atomic E-state index is 0.0426. The van der Waals surface area contributed by atoms with Gasteiger partial charge in [0.05, 0.1) is 35.4 Å². The van der Waals surface area contributed by atoms with Crippen molar-refractivity contribution >= 4 is 17.8 Å². The van der Waals surface area contributed by atoms with Crippen LogP contribution < -0.4 is 5.32 Å². The van der Waals surface area contributed by atoms with Crippen LogP contribution in [0.15, 0.2) is 0 Å². The fourth-order valence-corrected chi connectivity index (χ4v) is 1.43. The Morgan fingerprint density at radius 1 is 1.11 bits per heavy atom. The standard InChI is InChI=1S/C12H22N2O5/c1-14(2,3)8-10(15)13-9(12(17)19-5)6-7-11(16)18-4/h9H,6-8H2,1-5H3/p+1. The van der Waals surface area contributed by atoms with Crippen molar-refractivity contribution in [1.29, 1.82) is 0 Å². The molecule has 1 N–H and O–H groups in total. The third-order valence-electron chi connectivity index (χ3n) is 2.30. The first-order valence-electron chi connectivity index (χ1n) is 5.94. The molecule has 7 nitrogen and oxygen atoms in total. The zero-order valence-electron chi connectivity index (χ0n) is 12.2. The molecule has 0 radical (unpaired) electrons. The Balaban J connectivity index is 4.47. The third kappa shape index (κ3) is 8.15. The summed E-state index contributed by atoms with van der Waals surface area (Å²) >= 11 is 0. The van der Waals surface area contributed by atoms with Gasteiger partial charge in [-0.15, -0.1) is 0 Å². The van der Waals surface area contributed by atoms with Crippen LogP contribution >= 0.6 is 0 Å². The van der Waals surface area contributed by atoms with Gasteiger partial charge in [0.2, 0.25) is 0 Å². The molecule has 0 aromatic carbocycles. The van der Waals surface area contributed by atoms with Gasteiger partial charge < -0.3 is 19.3 Å². The van der Waals surface area contributed by atoms with E-state index in [-0.39, 0.29) is 25.3 Å². The fraction of sp³-hybridized carbons (Fsp3) is 0.750. The summed E-state index contributed by atoms with van der Waals surface area (Å²) in [6.07, 6.45) is 0.198. The van der Waals surface area contributed by atoms with Crippen molar-refractivity contribution in [2.45, 2.75) is 18.9 Å². The van der Waals surface area contributed by atoms with E-state index < -0.39 is 18.0 Å². The van der Waals surface area contributed by atoms with E-state index in [2.05, 4.69) is 14.8 Å². The molecule has 0 aliphatic rings. The van der Waals surface area contributed by atoms with Gasteiger partial charge >= 0.3 is 11.9 Å². The highest BCUT2D eigenvalue weighted by molar-refractivity contribution is 5.85. The summed E-state index contributed by atoms with van der Waals surface area (Å²) in [5, 5.41) is 2.57. The van der Waals surface area contributed by atoms with Crippen molar-refractivity contribution in [3.05, 3.63) is 0 Å². The van der Waals surface area contributed by atoms with Gasteiger partial charge in [-0.25, -0.2) is 4.79 Å². The maximum absolute atomic E-state index is 11.8. The molecule has 0 spiro atoms. The maximum atomic E-state index is 11.8. The first-order chi connectivity index (χ1) is 8.69. The number of rotatable bonds is 7. The van der Waals surface area contributed by atoms with Gasteiger partial charge in [0.15, 0.2) is 6.54 Å². The van der Waals surface area contributed by atoms with E-state index in [1.54, 1.807) is 0 Å². The summed E-state index contributed by atoms with van der Waals surface area (Å²) in [7, 11) is 8.09. The van der Waals surface area contributed by atoms with Crippen molar-refractivity contribution in [1.82, 2.24) is 5.32 Å². The van der Waals surface area contributed by atoms with E-state index in [1.807, 2.05) is 21.1 Å². The van der Waals surface area contributed by atoms with Crippen LogP contribution in [-0.4, -0.2) is 70.3 Å². The predicted molar refractivity (Wildman–Crippen MR) is 68.1 cm³/mol. The molecular weight excluding hydrogens is 252 g/mol. The molecule has 0 heterocycles. The Labute approximate surface area is 113 Å². The van der Waals surface area contributed by atoms with E-state index >= 15 is 0 Å². The second-order valence-corrected chi connectivity index (χ2v) is 5.21. The van der Waals surface area contributed by atoms with Crippen LogP contribution in [0, 0.1) is 0 Å². The number of hydrogen-bond donors (Lipinski definition) is 1. The molecule has 0 fully saturated rings. The first kappa shape index (κ1) is 17.4. The lowest BCUT2D eigenvalue weighted by Crippen LogP contribution is -2.49. The average molecular weight is 275 g/mol. The van der Waals surface area contributed by atoms with Crippen LogP contribution in [0.3, 0.4) is 0 Å². The number of carbonyl (C=O) groups is 3. The van der Waals surface area contributed by atoms with Gasteiger partial charge in [-0.1, -0.05) is 0 Å². The van der Waals surface area contributed by atoms with Crippen molar-refractivity contribution in [2.24, 2.45) is 0 Å². The first-order valence-corrected chi connectivity index (χ1v) is 5.94. The number of amides is 1. The maximum Gasteiger partial charge on any atom is 0.328 e. The topological polar surface area (TPSA) is 81.7 Å². The molecule has 0 aromatic heterocycles. The highest BCUT2D eigenvalue weighted by Crippen LogP contribution is 2.02. The molecule has 19 heavy (non-hydrogen) atoms. The van der Waals surface area contributed by atoms with Gasteiger partial charge in [0, 0.05) is 6.42 Å². The van der Waals surface area contributed by atoms with E-state index in [9.17, 15) is 14.4 Å². The van der Waals surface area contributed by atoms with Crippen LogP contribution in [-0.2, 0) is 23.9 Å². The quantitative estimate of drug-likeness (QED) is 0.491. The van der Waals surface area contributed by atoms with Gasteiger partial charge in [-0.2, -0.15) is 0 Å². The van der Waals surface area contributed by atoms with Crippen molar-refractivity contribution in [3.63, 3.8) is 0 Å². The van der Waals surface area contributed by atoms with E-state index in [1.165, 1.54) is 14.2 Å². The van der Waals surface area contributed by atoms with Gasteiger partial charge in [-0.05, 0) is 6.42 Å². The monoisotopic (exact) mass is 275 g/mol. The summed E-state index contributed by atoms with van der Waals surface area (Å²) in [5.41, 5.74) is 0. The average Bonchev–Trinajstić information content (AvgIpc) is 2.30. The smallest absolute Gasteiger partial charge is 0.328 e. The summed E-state index contributed by atoms with van der Waals surface area (Å²) in [6.45, 7) is 0.228. The van der Waals surface area contributed by atoms with E-state index in [4.69, 9.17) is 0 Å². The van der Waals surface area contributed by atoms with E-state index in [0.29, 0.717) is 4.48 Å². The molecule has 110 valence electrons. The second-order valence-electron chi connectivity index (χ2n) is 5.21. The van der Waals surface area contributed by atoms with Gasteiger partial charge in [-0.3, -0.25) is 9.59 Å². The van der Waals surface area contributed by atoms with Gasteiger partial charge in [0.1, 0.15) is 6.04 Å². The van der Waals surface area contributed by atoms with Crippen LogP contribution in [0.1, 0.15) is 12.8 Å². The predicted octanol–water partition coefficient (Wildman–Crippen LogP) is -0.696. The summed E-state index contributed by atoms with van der Waals surface area (Å²) < 4.78 is 9.53. The lowest BCUT2D eigenvalue weighted by molar-refractivity contribution is -0.862. The molecule has 0 aromatic rings. The highest BCUT2D eigenvalue weighted by Gasteiger charge is 2.25. The molecule has 1 amide bonds. The largest absolute Gasteiger partial charge is 0.469 e. The Kier molecular flexibility index (Phi) is 7.06. The van der Waals surface area contributed by atoms with Crippen LogP contribution in [0.5, 0.6) is 0 Å².